The van der Waals surface area contributed by atoms with E-state index in [9.17, 15) is 9.18 Å². The highest BCUT2D eigenvalue weighted by atomic mass is 19.1. The van der Waals surface area contributed by atoms with Gasteiger partial charge >= 0.3 is 5.97 Å². The molecule has 1 fully saturated rings. The summed E-state index contributed by atoms with van der Waals surface area (Å²) in [6, 6.07) is 3.70. The van der Waals surface area contributed by atoms with E-state index in [2.05, 4.69) is 5.32 Å². The maximum absolute atomic E-state index is 13.8. The van der Waals surface area contributed by atoms with E-state index >= 15 is 0 Å². The molecule has 0 radical (unpaired) electrons. The van der Waals surface area contributed by atoms with Crippen molar-refractivity contribution in [3.8, 4) is 5.75 Å². The van der Waals surface area contributed by atoms with Crippen molar-refractivity contribution in [2.75, 3.05) is 27.4 Å². The van der Waals surface area contributed by atoms with Crippen molar-refractivity contribution in [3.63, 3.8) is 0 Å². The fraction of sp³-hybridized carbons (Fsp3) is 0.533. The first-order valence-corrected chi connectivity index (χ1v) is 6.92. The molecule has 1 aromatic carbocycles. The molecule has 2 rings (SSSR count). The highest BCUT2D eigenvalue weighted by Crippen LogP contribution is 2.23. The van der Waals surface area contributed by atoms with Gasteiger partial charge in [0, 0.05) is 13.2 Å². The number of carbonyl (C=O) groups is 1. The fourth-order valence-corrected chi connectivity index (χ4v) is 2.37. The normalized spacial score (nSPS) is 19.3. The number of nitrogens with one attached hydrogen (secondary N) is 1. The summed E-state index contributed by atoms with van der Waals surface area (Å²) < 4.78 is 29.0. The molecule has 6 heteroatoms. The summed E-state index contributed by atoms with van der Waals surface area (Å²) >= 11 is 0. The Kier molecular flexibility index (Phi) is 5.52. The predicted molar refractivity (Wildman–Crippen MR) is 74.7 cm³/mol. The average Bonchev–Trinajstić information content (AvgIpc) is 3.00. The van der Waals surface area contributed by atoms with Crippen LogP contribution < -0.4 is 10.1 Å². The Morgan fingerprint density at radius 1 is 1.52 bits per heavy atom. The van der Waals surface area contributed by atoms with Crippen molar-refractivity contribution < 1.29 is 23.4 Å². The van der Waals surface area contributed by atoms with Gasteiger partial charge in [0.05, 0.1) is 20.3 Å². The fourth-order valence-electron chi connectivity index (χ4n) is 2.37. The number of carbonyl (C=O) groups excluding carboxylic acids is 1. The summed E-state index contributed by atoms with van der Waals surface area (Å²) in [6.07, 6.45) is 2.06. The zero-order valence-corrected chi connectivity index (χ0v) is 12.2. The first-order chi connectivity index (χ1) is 10.2. The summed E-state index contributed by atoms with van der Waals surface area (Å²) in [6.45, 7) is 1.26. The van der Waals surface area contributed by atoms with E-state index in [0.717, 1.165) is 19.4 Å². The van der Waals surface area contributed by atoms with Crippen LogP contribution in [0.2, 0.25) is 0 Å². The monoisotopic (exact) mass is 297 g/mol. The van der Waals surface area contributed by atoms with Crippen molar-refractivity contribution in [1.82, 2.24) is 5.32 Å². The van der Waals surface area contributed by atoms with E-state index < -0.39 is 17.8 Å². The van der Waals surface area contributed by atoms with Crippen LogP contribution in [0.5, 0.6) is 5.75 Å². The van der Waals surface area contributed by atoms with Crippen molar-refractivity contribution in [2.24, 2.45) is 0 Å². The van der Waals surface area contributed by atoms with Gasteiger partial charge < -0.3 is 14.2 Å². The topological polar surface area (TPSA) is 56.8 Å². The third-order valence-electron chi connectivity index (χ3n) is 3.52. The molecule has 1 N–H and O–H groups in total. The molecule has 0 spiro atoms. The lowest BCUT2D eigenvalue weighted by molar-refractivity contribution is -0.143. The van der Waals surface area contributed by atoms with Crippen molar-refractivity contribution in [2.45, 2.75) is 25.0 Å². The van der Waals surface area contributed by atoms with Gasteiger partial charge in [0.15, 0.2) is 11.6 Å². The van der Waals surface area contributed by atoms with Crippen molar-refractivity contribution in [1.29, 1.82) is 0 Å². The van der Waals surface area contributed by atoms with Gasteiger partial charge in [0.2, 0.25) is 0 Å². The maximum Gasteiger partial charge on any atom is 0.327 e. The zero-order chi connectivity index (χ0) is 15.2. The molecular weight excluding hydrogens is 277 g/mol. The van der Waals surface area contributed by atoms with E-state index in [1.54, 1.807) is 6.07 Å². The highest BCUT2D eigenvalue weighted by Gasteiger charge is 2.24. The van der Waals surface area contributed by atoms with Gasteiger partial charge in [-0.2, -0.15) is 0 Å². The van der Waals surface area contributed by atoms with Crippen LogP contribution in [0.25, 0.3) is 0 Å². The van der Waals surface area contributed by atoms with Gasteiger partial charge in [-0.25, -0.2) is 9.18 Å². The van der Waals surface area contributed by atoms with Gasteiger partial charge in [0.1, 0.15) is 6.04 Å². The Hall–Kier alpha value is -1.66. The van der Waals surface area contributed by atoms with Gasteiger partial charge in [0.25, 0.3) is 0 Å². The average molecular weight is 297 g/mol. The summed E-state index contributed by atoms with van der Waals surface area (Å²) in [5.41, 5.74) is 0.498. The number of benzene rings is 1. The zero-order valence-electron chi connectivity index (χ0n) is 12.2. The second kappa shape index (κ2) is 7.38. The lowest BCUT2D eigenvalue weighted by Gasteiger charge is -2.19. The van der Waals surface area contributed by atoms with Crippen molar-refractivity contribution >= 4 is 5.97 Å². The number of esters is 1. The number of ether oxygens (including phenoxy) is 3. The predicted octanol–water partition coefficient (Wildman–Crippen LogP) is 1.82. The quantitative estimate of drug-likeness (QED) is 0.812. The van der Waals surface area contributed by atoms with E-state index in [4.69, 9.17) is 14.2 Å². The highest BCUT2D eigenvalue weighted by molar-refractivity contribution is 5.77. The first kappa shape index (κ1) is 15.7. The van der Waals surface area contributed by atoms with Crippen LogP contribution in [0.3, 0.4) is 0 Å². The second-order valence-corrected chi connectivity index (χ2v) is 4.89. The molecule has 1 aliphatic rings. The minimum atomic E-state index is -0.723. The second-order valence-electron chi connectivity index (χ2n) is 4.89. The molecule has 1 saturated heterocycles. The molecule has 0 saturated carbocycles. The van der Waals surface area contributed by atoms with Gasteiger partial charge in [-0.1, -0.05) is 6.07 Å². The van der Waals surface area contributed by atoms with E-state index in [-0.39, 0.29) is 11.9 Å². The Labute approximate surface area is 123 Å². The summed E-state index contributed by atoms with van der Waals surface area (Å²) in [5, 5.41) is 3.09. The minimum absolute atomic E-state index is 0.0836. The van der Waals surface area contributed by atoms with Gasteiger partial charge in [-0.3, -0.25) is 5.32 Å². The van der Waals surface area contributed by atoms with Gasteiger partial charge in [-0.05, 0) is 30.5 Å². The van der Waals surface area contributed by atoms with Crippen LogP contribution >= 0.6 is 0 Å². The lowest BCUT2D eigenvalue weighted by atomic mass is 10.1. The third-order valence-corrected chi connectivity index (χ3v) is 3.52. The smallest absolute Gasteiger partial charge is 0.327 e. The SMILES string of the molecule is COC(=O)C(NCC1CCCO1)c1ccc(OC)c(F)c1. The maximum atomic E-state index is 13.8. The Balaban J connectivity index is 2.10. The van der Waals surface area contributed by atoms with Crippen molar-refractivity contribution in [3.05, 3.63) is 29.6 Å². The molecule has 0 amide bonds. The van der Waals surface area contributed by atoms with Crippen LogP contribution in [-0.4, -0.2) is 39.4 Å². The molecule has 0 aromatic heterocycles. The standard InChI is InChI=1S/C15H20FNO4/c1-19-13-6-5-10(8-12(13)16)14(15(18)20-2)17-9-11-4-3-7-21-11/h5-6,8,11,14,17H,3-4,7,9H2,1-2H3. The molecule has 0 aliphatic carbocycles. The number of hydrogen-bond donors (Lipinski definition) is 1. The number of hydrogen-bond acceptors (Lipinski definition) is 5. The molecule has 5 nitrogen and oxygen atoms in total. The van der Waals surface area contributed by atoms with Gasteiger partial charge in [-0.15, -0.1) is 0 Å². The summed E-state index contributed by atoms with van der Waals surface area (Å²) in [4.78, 5) is 11.9. The molecule has 1 heterocycles. The molecule has 0 bridgehead atoms. The first-order valence-electron chi connectivity index (χ1n) is 6.92. The number of rotatable bonds is 6. The molecule has 21 heavy (non-hydrogen) atoms. The van der Waals surface area contributed by atoms with E-state index in [1.165, 1.54) is 26.4 Å². The number of methoxy groups -OCH3 is 2. The van der Waals surface area contributed by atoms with E-state index in [0.29, 0.717) is 12.1 Å². The van der Waals surface area contributed by atoms with Crippen LogP contribution in [0, 0.1) is 5.82 Å². The van der Waals surface area contributed by atoms with Crippen LogP contribution in [0.1, 0.15) is 24.4 Å². The van der Waals surface area contributed by atoms with E-state index in [1.807, 2.05) is 0 Å². The molecule has 2 atom stereocenters. The molecule has 2 unspecified atom stereocenters. The Bertz CT molecular complexity index is 489. The molecule has 1 aromatic rings. The Morgan fingerprint density at radius 2 is 2.33 bits per heavy atom. The number of halogens is 1. The van der Waals surface area contributed by atoms with Crippen LogP contribution in [-0.2, 0) is 14.3 Å². The summed E-state index contributed by atoms with van der Waals surface area (Å²) in [5.74, 6) is -0.832. The van der Waals surface area contributed by atoms with Crippen LogP contribution in [0.4, 0.5) is 4.39 Å². The largest absolute Gasteiger partial charge is 0.494 e. The molecular formula is C15H20FNO4. The molecule has 116 valence electrons. The lowest BCUT2D eigenvalue weighted by Crippen LogP contribution is -2.35. The minimum Gasteiger partial charge on any atom is -0.494 e. The third kappa shape index (κ3) is 3.92. The Morgan fingerprint density at radius 3 is 2.90 bits per heavy atom. The van der Waals surface area contributed by atoms with Crippen LogP contribution in [0.15, 0.2) is 18.2 Å². The molecule has 1 aliphatic heterocycles. The summed E-state index contributed by atoms with van der Waals surface area (Å²) in [7, 11) is 2.70.